The van der Waals surface area contributed by atoms with Gasteiger partial charge in [-0.3, -0.25) is 0 Å². The Morgan fingerprint density at radius 3 is 1.69 bits per heavy atom. The second kappa shape index (κ2) is 12.7. The van der Waals surface area contributed by atoms with Crippen molar-refractivity contribution in [3.05, 3.63) is 47.5 Å². The summed E-state index contributed by atoms with van der Waals surface area (Å²) < 4.78 is 35.9. The molecule has 3 rings (SSSR count). The van der Waals surface area contributed by atoms with Gasteiger partial charge in [-0.15, -0.1) is 0 Å². The van der Waals surface area contributed by atoms with Crippen LogP contribution in [0.15, 0.2) is 36.4 Å². The van der Waals surface area contributed by atoms with Gasteiger partial charge in [-0.1, -0.05) is 53.7 Å². The normalized spacial score (nSPS) is 18.0. The molecular weight excluding hydrogens is 460 g/mol. The zero-order chi connectivity index (χ0) is 26.2. The summed E-state index contributed by atoms with van der Waals surface area (Å²) in [5, 5.41) is 9.32. The molecular formula is C29H42O7. The highest BCUT2D eigenvalue weighted by atomic mass is 16.6. The van der Waals surface area contributed by atoms with Crippen molar-refractivity contribution in [2.75, 3.05) is 52.9 Å². The smallest absolute Gasteiger partial charge is 0.161 e. The highest BCUT2D eigenvalue weighted by Crippen LogP contribution is 2.35. The van der Waals surface area contributed by atoms with Crippen LogP contribution in [-0.4, -0.2) is 64.1 Å². The Morgan fingerprint density at radius 1 is 0.694 bits per heavy atom. The third kappa shape index (κ3) is 8.29. The highest BCUT2D eigenvalue weighted by Gasteiger charge is 2.21. The molecule has 0 radical (unpaired) electrons. The maximum atomic E-state index is 9.32. The molecule has 0 saturated heterocycles. The number of hydrogen-bond acceptors (Lipinski definition) is 7. The van der Waals surface area contributed by atoms with Gasteiger partial charge in [0.2, 0.25) is 0 Å². The van der Waals surface area contributed by atoms with E-state index in [-0.39, 0.29) is 37.3 Å². The predicted octanol–water partition coefficient (Wildman–Crippen LogP) is 4.90. The van der Waals surface area contributed by atoms with Gasteiger partial charge in [0.25, 0.3) is 0 Å². The number of aliphatic hydroxyl groups is 1. The largest absolute Gasteiger partial charge is 0.487 e. The van der Waals surface area contributed by atoms with Gasteiger partial charge in [0.1, 0.15) is 32.5 Å². The second-order valence-corrected chi connectivity index (χ2v) is 11.0. The summed E-state index contributed by atoms with van der Waals surface area (Å²) in [7, 11) is 0. The van der Waals surface area contributed by atoms with Crippen LogP contribution in [0.2, 0.25) is 0 Å². The fourth-order valence-corrected chi connectivity index (χ4v) is 3.67. The molecule has 0 aromatic heterocycles. The number of fused-ring (bicyclic) bond motifs is 2. The molecule has 2 aromatic carbocycles. The van der Waals surface area contributed by atoms with Gasteiger partial charge >= 0.3 is 0 Å². The summed E-state index contributed by atoms with van der Waals surface area (Å²) in [4.78, 5) is 0. The van der Waals surface area contributed by atoms with E-state index in [4.69, 9.17) is 28.4 Å². The molecule has 1 unspecified atom stereocenters. The molecule has 1 aliphatic heterocycles. The Balaban J connectivity index is 1.85. The van der Waals surface area contributed by atoms with Crippen LogP contribution in [0.1, 0.15) is 52.7 Å². The Labute approximate surface area is 215 Å². The van der Waals surface area contributed by atoms with Crippen molar-refractivity contribution in [1.82, 2.24) is 0 Å². The molecule has 0 bridgehead atoms. The van der Waals surface area contributed by atoms with Crippen LogP contribution in [0.25, 0.3) is 0 Å². The first-order valence-electron chi connectivity index (χ1n) is 12.7. The van der Waals surface area contributed by atoms with Crippen molar-refractivity contribution in [2.45, 2.75) is 58.5 Å². The molecule has 0 amide bonds. The van der Waals surface area contributed by atoms with E-state index < -0.39 is 6.10 Å². The van der Waals surface area contributed by atoms with E-state index in [0.717, 1.165) is 11.1 Å². The van der Waals surface area contributed by atoms with Crippen LogP contribution in [0.3, 0.4) is 0 Å². The first kappa shape index (κ1) is 28.1. The lowest BCUT2D eigenvalue weighted by atomic mass is 9.87. The Hall–Kier alpha value is -2.48. The first-order chi connectivity index (χ1) is 17.1. The molecule has 1 aliphatic rings. The highest BCUT2D eigenvalue weighted by molar-refractivity contribution is 5.46. The summed E-state index contributed by atoms with van der Waals surface area (Å²) in [5.74, 6) is 2.59. The van der Waals surface area contributed by atoms with Crippen molar-refractivity contribution < 1.29 is 33.5 Å². The van der Waals surface area contributed by atoms with Gasteiger partial charge in [-0.25, -0.2) is 0 Å². The van der Waals surface area contributed by atoms with Gasteiger partial charge < -0.3 is 33.5 Å². The van der Waals surface area contributed by atoms with Gasteiger partial charge in [-0.2, -0.15) is 0 Å². The van der Waals surface area contributed by atoms with E-state index in [9.17, 15) is 5.11 Å². The number of ether oxygens (including phenoxy) is 6. The molecule has 0 saturated carbocycles. The average molecular weight is 503 g/mol. The topological polar surface area (TPSA) is 75.6 Å². The van der Waals surface area contributed by atoms with Crippen LogP contribution >= 0.6 is 0 Å². The number of aliphatic hydroxyl groups excluding tert-OH is 1. The Morgan fingerprint density at radius 2 is 1.17 bits per heavy atom. The maximum absolute atomic E-state index is 9.32. The number of hydrogen-bond donors (Lipinski definition) is 1. The summed E-state index contributed by atoms with van der Waals surface area (Å²) in [6.07, 6.45) is -0.408. The SMILES string of the molecule is CC(C)(C)c1ccc2c(c1)OCCOCCOc1ccc(C(C)(C)C)cc1OCC(OCCO)CO2. The van der Waals surface area contributed by atoms with Crippen molar-refractivity contribution in [3.8, 4) is 23.0 Å². The molecule has 7 heteroatoms. The summed E-state index contributed by atoms with van der Waals surface area (Å²) in [5.41, 5.74) is 2.22. The second-order valence-electron chi connectivity index (χ2n) is 11.0. The minimum atomic E-state index is -0.408. The third-order valence-corrected chi connectivity index (χ3v) is 5.88. The Kier molecular flexibility index (Phi) is 9.88. The molecule has 0 aliphatic carbocycles. The van der Waals surface area contributed by atoms with Gasteiger partial charge in [-0.05, 0) is 46.2 Å². The lowest BCUT2D eigenvalue weighted by molar-refractivity contribution is -0.0219. The summed E-state index contributed by atoms with van der Waals surface area (Å²) in [6, 6.07) is 12.0. The maximum Gasteiger partial charge on any atom is 0.161 e. The third-order valence-electron chi connectivity index (χ3n) is 5.88. The zero-order valence-corrected chi connectivity index (χ0v) is 22.6. The van der Waals surface area contributed by atoms with Crippen LogP contribution in [-0.2, 0) is 20.3 Å². The average Bonchev–Trinajstić information content (AvgIpc) is 2.81. The molecule has 7 nitrogen and oxygen atoms in total. The predicted molar refractivity (Wildman–Crippen MR) is 140 cm³/mol. The summed E-state index contributed by atoms with van der Waals surface area (Å²) >= 11 is 0. The minimum absolute atomic E-state index is 0.0264. The van der Waals surface area contributed by atoms with Crippen molar-refractivity contribution in [2.24, 2.45) is 0 Å². The van der Waals surface area contributed by atoms with Crippen LogP contribution in [0, 0.1) is 0 Å². The van der Waals surface area contributed by atoms with E-state index in [2.05, 4.69) is 53.7 Å². The molecule has 36 heavy (non-hydrogen) atoms. The summed E-state index contributed by atoms with van der Waals surface area (Å²) in [6.45, 7) is 15.2. The van der Waals surface area contributed by atoms with Crippen LogP contribution in [0.4, 0.5) is 0 Å². The van der Waals surface area contributed by atoms with Gasteiger partial charge in [0, 0.05) is 0 Å². The molecule has 0 fully saturated rings. The Bertz CT molecular complexity index is 959. The van der Waals surface area contributed by atoms with E-state index in [1.165, 1.54) is 0 Å². The van der Waals surface area contributed by atoms with Crippen LogP contribution in [0.5, 0.6) is 23.0 Å². The van der Waals surface area contributed by atoms with Gasteiger partial charge in [0.05, 0.1) is 26.4 Å². The van der Waals surface area contributed by atoms with E-state index in [1.807, 2.05) is 24.3 Å². The number of rotatable bonds is 3. The minimum Gasteiger partial charge on any atom is -0.487 e. The number of benzene rings is 2. The molecule has 1 heterocycles. The lowest BCUT2D eigenvalue weighted by Crippen LogP contribution is -2.30. The van der Waals surface area contributed by atoms with Crippen LogP contribution < -0.4 is 18.9 Å². The van der Waals surface area contributed by atoms with E-state index >= 15 is 0 Å². The zero-order valence-electron chi connectivity index (χ0n) is 22.6. The lowest BCUT2D eigenvalue weighted by Gasteiger charge is -2.24. The van der Waals surface area contributed by atoms with Crippen molar-refractivity contribution >= 4 is 0 Å². The fraction of sp³-hybridized carbons (Fsp3) is 0.586. The first-order valence-corrected chi connectivity index (χ1v) is 12.7. The van der Waals surface area contributed by atoms with E-state index in [1.54, 1.807) is 0 Å². The van der Waals surface area contributed by atoms with Crippen molar-refractivity contribution in [3.63, 3.8) is 0 Å². The van der Waals surface area contributed by atoms with Gasteiger partial charge in [0.15, 0.2) is 23.0 Å². The monoisotopic (exact) mass is 502 g/mol. The molecule has 2 aromatic rings. The molecule has 1 atom stereocenters. The van der Waals surface area contributed by atoms with E-state index in [0.29, 0.717) is 49.4 Å². The molecule has 200 valence electrons. The fourth-order valence-electron chi connectivity index (χ4n) is 3.67. The quantitative estimate of drug-likeness (QED) is 0.640. The van der Waals surface area contributed by atoms with Crippen molar-refractivity contribution in [1.29, 1.82) is 0 Å². The molecule has 0 spiro atoms. The molecule has 1 N–H and O–H groups in total. The standard InChI is InChI=1S/C29H42O7/c1-28(2,3)21-8-10-25-26(17-21)34-16-14-31-13-15-33-24-9-7-22(29(4,5)6)18-27(24)36-20-23(19-35-25)32-12-11-30/h7-10,17-18,23,30H,11-16,19-20H2,1-6H3.